The Kier molecular flexibility index (Phi) is 5.69. The quantitative estimate of drug-likeness (QED) is 0.694. The first-order valence-corrected chi connectivity index (χ1v) is 9.35. The second-order valence-corrected chi connectivity index (χ2v) is 6.64. The van der Waals surface area contributed by atoms with Gasteiger partial charge in [0.2, 0.25) is 5.95 Å². The smallest absolute Gasteiger partial charge is 0.338 e. The Morgan fingerprint density at radius 2 is 2.11 bits per heavy atom. The number of methoxy groups -OCH3 is 1. The van der Waals surface area contributed by atoms with Gasteiger partial charge in [0.15, 0.2) is 11.5 Å². The van der Waals surface area contributed by atoms with Gasteiger partial charge in [0.05, 0.1) is 30.4 Å². The molecule has 2 aromatic rings. The van der Waals surface area contributed by atoms with Crippen molar-refractivity contribution in [3.8, 4) is 11.5 Å². The van der Waals surface area contributed by atoms with E-state index < -0.39 is 12.0 Å². The molecule has 0 saturated heterocycles. The molecule has 0 amide bonds. The average Bonchev–Trinajstić information content (AvgIpc) is 3.10. The number of allylic oxidation sites excluding steroid dienone is 1. The summed E-state index contributed by atoms with van der Waals surface area (Å²) in [5.74, 6) is 1.31. The summed E-state index contributed by atoms with van der Waals surface area (Å²) in [5, 5.41) is 7.40. The molecular formula is C18H21BrN4O4. The fraction of sp³-hybridized carbons (Fsp3) is 0.389. The molecule has 0 saturated carbocycles. The lowest BCUT2D eigenvalue weighted by atomic mass is 9.95. The topological polar surface area (TPSA) is 87.5 Å². The third-order valence-electron chi connectivity index (χ3n) is 4.15. The van der Waals surface area contributed by atoms with E-state index in [1.54, 1.807) is 18.7 Å². The molecule has 1 aromatic heterocycles. The molecule has 0 fully saturated rings. The van der Waals surface area contributed by atoms with Gasteiger partial charge in [0, 0.05) is 5.70 Å². The van der Waals surface area contributed by atoms with Crippen molar-refractivity contribution in [2.45, 2.75) is 26.8 Å². The summed E-state index contributed by atoms with van der Waals surface area (Å²) in [7, 11) is 1.57. The first kappa shape index (κ1) is 19.2. The summed E-state index contributed by atoms with van der Waals surface area (Å²) >= 11 is 3.54. The number of hydrogen-bond donors (Lipinski definition) is 1. The van der Waals surface area contributed by atoms with Gasteiger partial charge in [-0.15, -0.1) is 0 Å². The number of fused-ring (bicyclic) bond motifs is 1. The predicted octanol–water partition coefficient (Wildman–Crippen LogP) is 3.30. The van der Waals surface area contributed by atoms with Gasteiger partial charge in [0.1, 0.15) is 12.4 Å². The minimum atomic E-state index is -0.510. The minimum Gasteiger partial charge on any atom is -0.493 e. The van der Waals surface area contributed by atoms with Crippen molar-refractivity contribution in [3.63, 3.8) is 0 Å². The van der Waals surface area contributed by atoms with Crippen molar-refractivity contribution in [1.82, 2.24) is 14.8 Å². The lowest BCUT2D eigenvalue weighted by molar-refractivity contribution is -0.139. The van der Waals surface area contributed by atoms with Crippen molar-refractivity contribution >= 4 is 27.8 Å². The SMILES string of the molecule is CCOC(=O)C1=C(C)Nc2ncnn2[C@H]1c1cc(Br)c(OCC)c(OC)c1. The van der Waals surface area contributed by atoms with Crippen molar-refractivity contribution in [2.75, 3.05) is 25.6 Å². The second kappa shape index (κ2) is 7.99. The molecule has 1 aliphatic rings. The molecule has 144 valence electrons. The van der Waals surface area contributed by atoms with Crippen LogP contribution >= 0.6 is 15.9 Å². The summed E-state index contributed by atoms with van der Waals surface area (Å²) in [6.45, 7) is 6.28. The largest absolute Gasteiger partial charge is 0.493 e. The van der Waals surface area contributed by atoms with E-state index in [4.69, 9.17) is 14.2 Å². The molecule has 1 N–H and O–H groups in total. The van der Waals surface area contributed by atoms with E-state index in [9.17, 15) is 4.79 Å². The van der Waals surface area contributed by atoms with Crippen molar-refractivity contribution < 1.29 is 19.0 Å². The number of nitrogens with one attached hydrogen (secondary N) is 1. The van der Waals surface area contributed by atoms with Gasteiger partial charge < -0.3 is 19.5 Å². The van der Waals surface area contributed by atoms with E-state index >= 15 is 0 Å². The highest BCUT2D eigenvalue weighted by Gasteiger charge is 2.35. The molecule has 27 heavy (non-hydrogen) atoms. The minimum absolute atomic E-state index is 0.281. The molecule has 0 radical (unpaired) electrons. The lowest BCUT2D eigenvalue weighted by Crippen LogP contribution is -2.29. The zero-order valence-corrected chi connectivity index (χ0v) is 17.2. The van der Waals surface area contributed by atoms with Crippen LogP contribution in [0.25, 0.3) is 0 Å². The summed E-state index contributed by atoms with van der Waals surface area (Å²) in [4.78, 5) is 16.9. The molecule has 0 unspecified atom stereocenters. The number of aromatic nitrogens is 3. The van der Waals surface area contributed by atoms with Gasteiger partial charge in [-0.2, -0.15) is 10.1 Å². The number of benzene rings is 1. The van der Waals surface area contributed by atoms with Gasteiger partial charge in [0.25, 0.3) is 0 Å². The van der Waals surface area contributed by atoms with Crippen LogP contribution in [0.1, 0.15) is 32.4 Å². The monoisotopic (exact) mass is 436 g/mol. The van der Waals surface area contributed by atoms with Crippen LogP contribution < -0.4 is 14.8 Å². The molecule has 9 heteroatoms. The van der Waals surface area contributed by atoms with Crippen LogP contribution in [0.15, 0.2) is 34.2 Å². The number of hydrogen-bond acceptors (Lipinski definition) is 7. The lowest BCUT2D eigenvalue weighted by Gasteiger charge is -2.28. The second-order valence-electron chi connectivity index (χ2n) is 5.78. The zero-order valence-electron chi connectivity index (χ0n) is 15.6. The molecule has 1 aromatic carbocycles. The van der Waals surface area contributed by atoms with Gasteiger partial charge in [-0.3, -0.25) is 0 Å². The van der Waals surface area contributed by atoms with E-state index in [2.05, 4.69) is 31.3 Å². The fourth-order valence-electron chi connectivity index (χ4n) is 3.05. The summed E-state index contributed by atoms with van der Waals surface area (Å²) in [5.41, 5.74) is 1.92. The number of carbonyl (C=O) groups is 1. The Hall–Kier alpha value is -2.55. The molecule has 0 aliphatic carbocycles. The predicted molar refractivity (Wildman–Crippen MR) is 103 cm³/mol. The van der Waals surface area contributed by atoms with Crippen molar-refractivity contribution in [1.29, 1.82) is 0 Å². The Morgan fingerprint density at radius 3 is 2.78 bits per heavy atom. The molecule has 1 aliphatic heterocycles. The van der Waals surface area contributed by atoms with Crippen molar-refractivity contribution in [3.05, 3.63) is 39.8 Å². The van der Waals surface area contributed by atoms with Crippen LogP contribution in [0.3, 0.4) is 0 Å². The number of ether oxygens (including phenoxy) is 3. The van der Waals surface area contributed by atoms with Crippen LogP contribution in [0.4, 0.5) is 5.95 Å². The maximum absolute atomic E-state index is 12.7. The number of carbonyl (C=O) groups excluding carboxylic acids is 1. The van der Waals surface area contributed by atoms with Crippen LogP contribution in [0, 0.1) is 0 Å². The van der Waals surface area contributed by atoms with Gasteiger partial charge in [-0.05, 0) is 54.4 Å². The van der Waals surface area contributed by atoms with E-state index in [0.29, 0.717) is 35.3 Å². The molecule has 3 rings (SSSR count). The van der Waals surface area contributed by atoms with E-state index in [-0.39, 0.29) is 6.61 Å². The first-order chi connectivity index (χ1) is 13.0. The van der Waals surface area contributed by atoms with Crippen LogP contribution in [-0.4, -0.2) is 41.1 Å². The molecule has 2 heterocycles. The molecule has 0 bridgehead atoms. The molecule has 8 nitrogen and oxygen atoms in total. The number of nitrogens with zero attached hydrogens (tertiary/aromatic N) is 3. The van der Waals surface area contributed by atoms with Crippen molar-refractivity contribution in [2.24, 2.45) is 0 Å². The Bertz CT molecular complexity index is 893. The third kappa shape index (κ3) is 3.51. The number of rotatable bonds is 6. The van der Waals surface area contributed by atoms with E-state index in [0.717, 1.165) is 10.0 Å². The Labute approximate surface area is 165 Å². The Morgan fingerprint density at radius 1 is 1.33 bits per heavy atom. The summed E-state index contributed by atoms with van der Waals surface area (Å²) < 4.78 is 18.8. The molecule has 1 atom stereocenters. The third-order valence-corrected chi connectivity index (χ3v) is 4.73. The first-order valence-electron chi connectivity index (χ1n) is 8.56. The normalized spacial score (nSPS) is 15.8. The summed E-state index contributed by atoms with van der Waals surface area (Å²) in [6, 6.07) is 3.22. The van der Waals surface area contributed by atoms with Crippen LogP contribution in [-0.2, 0) is 9.53 Å². The van der Waals surface area contributed by atoms with Crippen LogP contribution in [0.2, 0.25) is 0 Å². The maximum Gasteiger partial charge on any atom is 0.338 e. The van der Waals surface area contributed by atoms with Gasteiger partial charge in [-0.25, -0.2) is 9.48 Å². The molecular weight excluding hydrogens is 416 g/mol. The highest BCUT2D eigenvalue weighted by molar-refractivity contribution is 9.10. The Balaban J connectivity index is 2.18. The fourth-order valence-corrected chi connectivity index (χ4v) is 3.63. The maximum atomic E-state index is 12.7. The average molecular weight is 437 g/mol. The number of halogens is 1. The standard InChI is InChI=1S/C18H21BrN4O4/c1-5-26-16-12(19)7-11(8-13(16)25-4)15-14(17(24)27-6-2)10(3)22-18-20-9-21-23(15)18/h7-9,15H,5-6H2,1-4H3,(H,20,21,22)/t15-/m0/s1. The highest BCUT2D eigenvalue weighted by Crippen LogP contribution is 2.42. The summed E-state index contributed by atoms with van der Waals surface area (Å²) in [6.07, 6.45) is 1.44. The van der Waals surface area contributed by atoms with Crippen LogP contribution in [0.5, 0.6) is 11.5 Å². The number of anilines is 1. The highest BCUT2D eigenvalue weighted by atomic mass is 79.9. The number of esters is 1. The van der Waals surface area contributed by atoms with Gasteiger partial charge in [-0.1, -0.05) is 0 Å². The van der Waals surface area contributed by atoms with Gasteiger partial charge >= 0.3 is 5.97 Å². The van der Waals surface area contributed by atoms with E-state index in [1.807, 2.05) is 26.0 Å². The van der Waals surface area contributed by atoms with E-state index in [1.165, 1.54) is 6.33 Å². The molecule has 0 spiro atoms. The zero-order chi connectivity index (χ0) is 19.6.